The van der Waals surface area contributed by atoms with Gasteiger partial charge in [0.05, 0.1) is 0 Å². The molecule has 2 rings (SSSR count). The molecule has 1 aromatic rings. The van der Waals surface area contributed by atoms with Crippen LogP contribution in [0.1, 0.15) is 11.1 Å². The maximum Gasteiger partial charge on any atom is 0.0346 e. The molecule has 0 spiro atoms. The van der Waals surface area contributed by atoms with Crippen LogP contribution in [0.2, 0.25) is 0 Å². The van der Waals surface area contributed by atoms with Gasteiger partial charge in [-0.15, -0.1) is 0 Å². The minimum absolute atomic E-state index is 1.16. The summed E-state index contributed by atoms with van der Waals surface area (Å²) in [5, 5.41) is 0. The molecule has 1 heteroatoms. The smallest absolute Gasteiger partial charge is 0.0346 e. The topological polar surface area (TPSA) is 12.4 Å². The third-order valence-corrected chi connectivity index (χ3v) is 1.77. The summed E-state index contributed by atoms with van der Waals surface area (Å²) in [4.78, 5) is 4.12. The lowest BCUT2D eigenvalue weighted by atomic mass is 10.1. The normalized spacial score (nSPS) is 19.0. The average Bonchev–Trinajstić information content (AvgIpc) is 2.06. The van der Waals surface area contributed by atoms with E-state index in [0.717, 1.165) is 5.56 Å². The fourth-order valence-electron chi connectivity index (χ4n) is 1.16. The maximum absolute atomic E-state index is 4.12. The molecular formula is C11H9N. The van der Waals surface area contributed by atoms with E-state index in [4.69, 9.17) is 0 Å². The fraction of sp³-hybridized carbons (Fsp3) is 0. The van der Waals surface area contributed by atoms with Crippen molar-refractivity contribution in [1.29, 1.82) is 0 Å². The summed E-state index contributed by atoms with van der Waals surface area (Å²) >= 11 is 0. The van der Waals surface area contributed by atoms with E-state index in [-0.39, 0.29) is 0 Å². The Labute approximate surface area is 71.8 Å². The van der Waals surface area contributed by atoms with Crippen molar-refractivity contribution in [2.45, 2.75) is 0 Å². The van der Waals surface area contributed by atoms with E-state index in [1.165, 1.54) is 5.56 Å². The second kappa shape index (κ2) is 3.18. The van der Waals surface area contributed by atoms with Gasteiger partial charge in [0.1, 0.15) is 0 Å². The molecule has 1 aromatic carbocycles. The molecule has 0 bridgehead atoms. The number of benzene rings is 1. The van der Waals surface area contributed by atoms with Gasteiger partial charge in [0.2, 0.25) is 0 Å². The second-order valence-electron chi connectivity index (χ2n) is 2.61. The summed E-state index contributed by atoms with van der Waals surface area (Å²) in [7, 11) is 0. The van der Waals surface area contributed by atoms with Crippen LogP contribution in [0.15, 0.2) is 47.6 Å². The zero-order valence-electron chi connectivity index (χ0n) is 6.64. The highest BCUT2D eigenvalue weighted by molar-refractivity contribution is 5.86. The molecule has 0 unspecified atom stereocenters. The third kappa shape index (κ3) is 1.35. The molecule has 58 valence electrons. The molecule has 0 amide bonds. The molecular weight excluding hydrogens is 146 g/mol. The van der Waals surface area contributed by atoms with Crippen LogP contribution in [0.5, 0.6) is 0 Å². The molecule has 0 atom stereocenters. The lowest BCUT2D eigenvalue weighted by Gasteiger charge is -1.99. The highest BCUT2D eigenvalue weighted by Gasteiger charge is 1.93. The monoisotopic (exact) mass is 155 g/mol. The van der Waals surface area contributed by atoms with Gasteiger partial charge in [0.25, 0.3) is 0 Å². The Hall–Kier alpha value is -1.63. The van der Waals surface area contributed by atoms with Gasteiger partial charge >= 0.3 is 0 Å². The van der Waals surface area contributed by atoms with Gasteiger partial charge < -0.3 is 0 Å². The van der Waals surface area contributed by atoms with Crippen LogP contribution >= 0.6 is 0 Å². The quantitative estimate of drug-likeness (QED) is 0.546. The Morgan fingerprint density at radius 1 is 0.917 bits per heavy atom. The zero-order chi connectivity index (χ0) is 8.23. The van der Waals surface area contributed by atoms with Gasteiger partial charge in [0.15, 0.2) is 0 Å². The number of allylic oxidation sites excluding steroid dienone is 2. The summed E-state index contributed by atoms with van der Waals surface area (Å²) in [5.41, 5.74) is 2.38. The molecule has 0 aliphatic carbocycles. The Bertz CT molecular complexity index is 324. The molecule has 0 N–H and O–H groups in total. The first-order valence-electron chi connectivity index (χ1n) is 3.92. The van der Waals surface area contributed by atoms with Crippen LogP contribution in [0, 0.1) is 0 Å². The molecule has 0 saturated heterocycles. The minimum atomic E-state index is 1.16. The van der Waals surface area contributed by atoms with E-state index in [1.807, 2.05) is 30.5 Å². The van der Waals surface area contributed by atoms with Crippen molar-refractivity contribution in [3.05, 3.63) is 53.7 Å². The van der Waals surface area contributed by atoms with Crippen molar-refractivity contribution >= 4 is 12.3 Å². The minimum Gasteiger partial charge on any atom is -0.264 e. The lowest BCUT2D eigenvalue weighted by molar-refractivity contribution is 1.53. The molecule has 12 heavy (non-hydrogen) atoms. The number of hydrogen-bond acceptors (Lipinski definition) is 1. The summed E-state index contributed by atoms with van der Waals surface area (Å²) in [6, 6.07) is 8.19. The Morgan fingerprint density at radius 3 is 2.67 bits per heavy atom. The highest BCUT2D eigenvalue weighted by Crippen LogP contribution is 2.09. The zero-order valence-corrected chi connectivity index (χ0v) is 6.64. The van der Waals surface area contributed by atoms with Crippen molar-refractivity contribution in [3.63, 3.8) is 0 Å². The van der Waals surface area contributed by atoms with Gasteiger partial charge in [-0.3, -0.25) is 4.99 Å². The molecule has 1 nitrogen and oxygen atoms in total. The fourth-order valence-corrected chi connectivity index (χ4v) is 1.16. The number of nitrogens with zero attached hydrogens (tertiary/aromatic N) is 1. The lowest BCUT2D eigenvalue weighted by Crippen LogP contribution is -1.86. The van der Waals surface area contributed by atoms with E-state index in [2.05, 4.69) is 23.2 Å². The first-order valence-corrected chi connectivity index (χ1v) is 3.92. The Morgan fingerprint density at radius 2 is 1.75 bits per heavy atom. The Kier molecular flexibility index (Phi) is 1.87. The Balaban J connectivity index is 2.54. The average molecular weight is 155 g/mol. The van der Waals surface area contributed by atoms with E-state index < -0.39 is 0 Å². The molecule has 0 aromatic heterocycles. The van der Waals surface area contributed by atoms with Crippen molar-refractivity contribution in [3.8, 4) is 0 Å². The number of aliphatic imine (C=N–C) groups is 1. The highest BCUT2D eigenvalue weighted by atomic mass is 14.7. The number of rotatable bonds is 0. The van der Waals surface area contributed by atoms with Crippen LogP contribution < -0.4 is 0 Å². The molecule has 0 fully saturated rings. The van der Waals surface area contributed by atoms with Crippen LogP contribution in [-0.4, -0.2) is 6.21 Å². The third-order valence-electron chi connectivity index (χ3n) is 1.77. The summed E-state index contributed by atoms with van der Waals surface area (Å²) in [6.07, 6.45) is 9.65. The van der Waals surface area contributed by atoms with Crippen molar-refractivity contribution in [2.24, 2.45) is 4.99 Å². The van der Waals surface area contributed by atoms with Gasteiger partial charge in [-0.1, -0.05) is 36.4 Å². The molecule has 0 radical (unpaired) electrons. The van der Waals surface area contributed by atoms with E-state index in [0.29, 0.717) is 0 Å². The van der Waals surface area contributed by atoms with Crippen molar-refractivity contribution in [1.82, 2.24) is 0 Å². The first kappa shape index (κ1) is 7.04. The predicted molar refractivity (Wildman–Crippen MR) is 52.2 cm³/mol. The summed E-state index contributed by atoms with van der Waals surface area (Å²) < 4.78 is 0. The second-order valence-corrected chi connectivity index (χ2v) is 2.61. The van der Waals surface area contributed by atoms with Crippen molar-refractivity contribution in [2.75, 3.05) is 0 Å². The van der Waals surface area contributed by atoms with Crippen molar-refractivity contribution < 1.29 is 0 Å². The predicted octanol–water partition coefficient (Wildman–Crippen LogP) is 2.65. The largest absolute Gasteiger partial charge is 0.264 e. The van der Waals surface area contributed by atoms with Gasteiger partial charge in [-0.25, -0.2) is 0 Å². The van der Waals surface area contributed by atoms with Crippen LogP contribution in [0.4, 0.5) is 0 Å². The van der Waals surface area contributed by atoms with E-state index >= 15 is 0 Å². The maximum atomic E-state index is 4.12. The van der Waals surface area contributed by atoms with E-state index in [1.54, 1.807) is 6.20 Å². The number of hydrogen-bond donors (Lipinski definition) is 0. The van der Waals surface area contributed by atoms with Crippen LogP contribution in [0.25, 0.3) is 6.08 Å². The molecule has 1 heterocycles. The first-order chi connectivity index (χ1) is 5.97. The van der Waals surface area contributed by atoms with Gasteiger partial charge in [-0.05, 0) is 17.2 Å². The summed E-state index contributed by atoms with van der Waals surface area (Å²) in [5.74, 6) is 0. The SMILES string of the molecule is C1=N/C=C\C=C/c2ccccc21. The molecule has 1 aliphatic heterocycles. The van der Waals surface area contributed by atoms with E-state index in [9.17, 15) is 0 Å². The summed E-state index contributed by atoms with van der Waals surface area (Å²) in [6.45, 7) is 0. The molecule has 1 aliphatic rings. The van der Waals surface area contributed by atoms with Gasteiger partial charge in [-0.2, -0.15) is 0 Å². The number of fused-ring (bicyclic) bond motifs is 1. The van der Waals surface area contributed by atoms with Crippen LogP contribution in [0.3, 0.4) is 0 Å². The standard InChI is InChI=1S/C11H9N/c1-2-7-11-9-12-8-4-3-6-10(11)5-1/h1-9H/b4-3?,6-3-,8-4-,10-6?,11-9?,12-8?,12-9?. The van der Waals surface area contributed by atoms with Crippen LogP contribution in [-0.2, 0) is 0 Å². The van der Waals surface area contributed by atoms with Gasteiger partial charge in [0, 0.05) is 12.4 Å². The molecule has 0 saturated carbocycles.